The average Bonchev–Trinajstić information content (AvgIpc) is 2.64. The van der Waals surface area contributed by atoms with Crippen LogP contribution >= 0.6 is 31.9 Å². The number of aromatic nitrogens is 1. The third kappa shape index (κ3) is 2.49. The molecule has 78 valence electrons. The maximum atomic E-state index is 5.14. The molecule has 15 heavy (non-hydrogen) atoms. The van der Waals surface area contributed by atoms with Crippen LogP contribution in [0.15, 0.2) is 33.3 Å². The molecule has 0 N–H and O–H groups in total. The molecule has 0 aliphatic carbocycles. The Balaban J connectivity index is 2.44. The number of hydrogen-bond donors (Lipinski definition) is 0. The van der Waals surface area contributed by atoms with Crippen molar-refractivity contribution in [2.45, 2.75) is 12.3 Å². The van der Waals surface area contributed by atoms with E-state index in [1.165, 1.54) is 5.56 Å². The smallest absolute Gasteiger partial charge is 0.147 e. The fourth-order valence-corrected chi connectivity index (χ4v) is 2.27. The summed E-state index contributed by atoms with van der Waals surface area (Å²) in [5, 5.41) is 4.70. The van der Waals surface area contributed by atoms with Gasteiger partial charge in [0.2, 0.25) is 0 Å². The van der Waals surface area contributed by atoms with Gasteiger partial charge < -0.3 is 4.52 Å². The van der Waals surface area contributed by atoms with Crippen LogP contribution in [-0.2, 0) is 5.33 Å². The molecule has 0 fully saturated rings. The number of nitrogens with zero attached hydrogens (tertiary/aromatic N) is 1. The first kappa shape index (κ1) is 10.9. The van der Waals surface area contributed by atoms with E-state index >= 15 is 0 Å². The van der Waals surface area contributed by atoms with Crippen molar-refractivity contribution in [3.8, 4) is 11.3 Å². The summed E-state index contributed by atoms with van der Waals surface area (Å²) in [6, 6.07) is 8.12. The molecular weight excluding hydrogens is 322 g/mol. The predicted octanol–water partition coefficient (Wildman–Crippen LogP) is 4.31. The second-order valence-electron chi connectivity index (χ2n) is 3.33. The second-order valence-corrected chi connectivity index (χ2v) is 4.81. The summed E-state index contributed by atoms with van der Waals surface area (Å²) >= 11 is 6.80. The third-order valence-corrected chi connectivity index (χ3v) is 3.04. The summed E-state index contributed by atoms with van der Waals surface area (Å²) in [6.07, 6.45) is 0. The van der Waals surface area contributed by atoms with Crippen molar-refractivity contribution in [2.75, 3.05) is 0 Å². The van der Waals surface area contributed by atoms with Crippen LogP contribution in [0.5, 0.6) is 0 Å². The van der Waals surface area contributed by atoms with Crippen LogP contribution in [-0.4, -0.2) is 5.16 Å². The quantitative estimate of drug-likeness (QED) is 0.767. The normalized spacial score (nSPS) is 10.6. The summed E-state index contributed by atoms with van der Waals surface area (Å²) in [7, 11) is 0. The van der Waals surface area contributed by atoms with Crippen LogP contribution < -0.4 is 0 Å². The van der Waals surface area contributed by atoms with E-state index in [0.717, 1.165) is 21.5 Å². The van der Waals surface area contributed by atoms with E-state index in [4.69, 9.17) is 4.52 Å². The first-order valence-electron chi connectivity index (χ1n) is 4.48. The Morgan fingerprint density at radius 2 is 2.07 bits per heavy atom. The molecule has 1 aromatic heterocycles. The van der Waals surface area contributed by atoms with Crippen molar-refractivity contribution in [1.29, 1.82) is 0 Å². The lowest BCUT2D eigenvalue weighted by Crippen LogP contribution is -1.80. The minimum atomic E-state index is 0.687. The molecule has 0 radical (unpaired) electrons. The van der Waals surface area contributed by atoms with E-state index < -0.39 is 0 Å². The summed E-state index contributed by atoms with van der Waals surface area (Å²) in [5.74, 6) is 0.836. The SMILES string of the molecule is Cc1cc(Br)cc(-c2cc(CBr)on2)c1. The van der Waals surface area contributed by atoms with E-state index in [1.54, 1.807) is 0 Å². The van der Waals surface area contributed by atoms with Gasteiger partial charge in [0, 0.05) is 16.1 Å². The summed E-state index contributed by atoms with van der Waals surface area (Å²) in [5.41, 5.74) is 3.13. The number of alkyl halides is 1. The van der Waals surface area contributed by atoms with Gasteiger partial charge >= 0.3 is 0 Å². The first-order valence-corrected chi connectivity index (χ1v) is 6.39. The van der Waals surface area contributed by atoms with E-state index in [1.807, 2.05) is 12.1 Å². The number of rotatable bonds is 2. The molecule has 0 aliphatic heterocycles. The monoisotopic (exact) mass is 329 g/mol. The summed E-state index contributed by atoms with van der Waals surface area (Å²) in [6.45, 7) is 2.06. The minimum absolute atomic E-state index is 0.687. The first-order chi connectivity index (χ1) is 7.19. The van der Waals surface area contributed by atoms with Crippen LogP contribution in [0, 0.1) is 6.92 Å². The Kier molecular flexibility index (Phi) is 3.26. The summed E-state index contributed by atoms with van der Waals surface area (Å²) < 4.78 is 6.19. The molecule has 0 unspecified atom stereocenters. The molecule has 0 saturated heterocycles. The molecule has 1 heterocycles. The molecule has 2 nitrogen and oxygen atoms in total. The van der Waals surface area contributed by atoms with Gasteiger partial charge in [-0.2, -0.15) is 0 Å². The number of aryl methyl sites for hydroxylation is 1. The van der Waals surface area contributed by atoms with E-state index in [9.17, 15) is 0 Å². The highest BCUT2D eigenvalue weighted by Gasteiger charge is 2.06. The van der Waals surface area contributed by atoms with Gasteiger partial charge in [-0.3, -0.25) is 0 Å². The second kappa shape index (κ2) is 4.49. The average molecular weight is 331 g/mol. The Hall–Kier alpha value is -0.610. The zero-order valence-corrected chi connectivity index (χ0v) is 11.3. The molecule has 2 aromatic rings. The van der Waals surface area contributed by atoms with Gasteiger partial charge in [-0.25, -0.2) is 0 Å². The van der Waals surface area contributed by atoms with Crippen LogP contribution in [0.25, 0.3) is 11.3 Å². The molecule has 0 amide bonds. The number of benzene rings is 1. The lowest BCUT2D eigenvalue weighted by Gasteiger charge is -1.99. The summed E-state index contributed by atoms with van der Waals surface area (Å²) in [4.78, 5) is 0. The van der Waals surface area contributed by atoms with Crippen LogP contribution in [0.2, 0.25) is 0 Å². The number of hydrogen-bond acceptors (Lipinski definition) is 2. The maximum Gasteiger partial charge on any atom is 0.147 e. The lowest BCUT2D eigenvalue weighted by atomic mass is 10.1. The molecule has 0 aliphatic rings. The highest BCUT2D eigenvalue weighted by molar-refractivity contribution is 9.10. The molecule has 4 heteroatoms. The van der Waals surface area contributed by atoms with E-state index in [-0.39, 0.29) is 0 Å². The van der Waals surface area contributed by atoms with Crippen LogP contribution in [0.4, 0.5) is 0 Å². The minimum Gasteiger partial charge on any atom is -0.360 e. The predicted molar refractivity (Wildman–Crippen MR) is 67.0 cm³/mol. The topological polar surface area (TPSA) is 26.0 Å². The zero-order chi connectivity index (χ0) is 10.8. The van der Waals surface area contributed by atoms with Crippen LogP contribution in [0.1, 0.15) is 11.3 Å². The van der Waals surface area contributed by atoms with Crippen molar-refractivity contribution in [3.05, 3.63) is 40.1 Å². The van der Waals surface area contributed by atoms with Crippen molar-refractivity contribution in [2.24, 2.45) is 0 Å². The molecule has 1 aromatic carbocycles. The highest BCUT2D eigenvalue weighted by atomic mass is 79.9. The Morgan fingerprint density at radius 3 is 2.67 bits per heavy atom. The Bertz CT molecular complexity index is 459. The standard InChI is InChI=1S/C11H9Br2NO/c1-7-2-8(4-9(13)3-7)11-5-10(6-12)15-14-11/h2-5H,6H2,1H3. The van der Waals surface area contributed by atoms with Crippen molar-refractivity contribution < 1.29 is 4.52 Å². The van der Waals surface area contributed by atoms with Crippen LogP contribution in [0.3, 0.4) is 0 Å². The lowest BCUT2D eigenvalue weighted by molar-refractivity contribution is 0.398. The molecule has 0 spiro atoms. The van der Waals surface area contributed by atoms with Gasteiger partial charge in [-0.15, -0.1) is 0 Å². The molecule has 0 bridgehead atoms. The van der Waals surface area contributed by atoms with Gasteiger partial charge in [0.05, 0.1) is 5.33 Å². The van der Waals surface area contributed by atoms with Gasteiger partial charge in [-0.1, -0.05) is 37.0 Å². The Morgan fingerprint density at radius 1 is 1.27 bits per heavy atom. The fourth-order valence-electron chi connectivity index (χ4n) is 1.40. The fraction of sp³-hybridized carbons (Fsp3) is 0.182. The van der Waals surface area contributed by atoms with Gasteiger partial charge in [0.15, 0.2) is 0 Å². The third-order valence-electron chi connectivity index (χ3n) is 2.03. The number of halogens is 2. The highest BCUT2D eigenvalue weighted by Crippen LogP contribution is 2.25. The van der Waals surface area contributed by atoms with E-state index in [0.29, 0.717) is 5.33 Å². The molecular formula is C11H9Br2NO. The molecule has 2 rings (SSSR count). The largest absolute Gasteiger partial charge is 0.360 e. The van der Waals surface area contributed by atoms with Gasteiger partial charge in [0.1, 0.15) is 11.5 Å². The van der Waals surface area contributed by atoms with Crippen molar-refractivity contribution in [3.63, 3.8) is 0 Å². The maximum absolute atomic E-state index is 5.14. The molecule has 0 saturated carbocycles. The van der Waals surface area contributed by atoms with Crippen molar-refractivity contribution in [1.82, 2.24) is 5.16 Å². The van der Waals surface area contributed by atoms with Crippen molar-refractivity contribution >= 4 is 31.9 Å². The van der Waals surface area contributed by atoms with Gasteiger partial charge in [0.25, 0.3) is 0 Å². The molecule has 0 atom stereocenters. The Labute approximate surface area is 105 Å². The van der Waals surface area contributed by atoms with Gasteiger partial charge in [-0.05, 0) is 30.7 Å². The zero-order valence-electron chi connectivity index (χ0n) is 8.13. The van der Waals surface area contributed by atoms with E-state index in [2.05, 4.69) is 56.1 Å².